The number of hydrogen-bond acceptors (Lipinski definition) is 7. The molecule has 0 radical (unpaired) electrons. The highest BCUT2D eigenvalue weighted by atomic mass is 35.5. The molecule has 0 spiro atoms. The van der Waals surface area contributed by atoms with E-state index in [1.807, 2.05) is 13.0 Å². The van der Waals surface area contributed by atoms with Gasteiger partial charge in [-0.05, 0) is 36.8 Å². The van der Waals surface area contributed by atoms with E-state index in [4.69, 9.17) is 16.0 Å². The number of nitro groups is 1. The van der Waals surface area contributed by atoms with Gasteiger partial charge in [-0.1, -0.05) is 29.4 Å². The van der Waals surface area contributed by atoms with Gasteiger partial charge in [0.25, 0.3) is 10.9 Å². The predicted molar refractivity (Wildman–Crippen MR) is 102 cm³/mol. The first-order chi connectivity index (χ1) is 12.9. The number of rotatable bonds is 6. The number of hydrogen-bond donors (Lipinski definition) is 1. The number of non-ortho nitro benzene ring substituents is 1. The lowest BCUT2D eigenvalue weighted by atomic mass is 10.2. The minimum absolute atomic E-state index is 0.0284. The standard InChI is InChI=1S/C17H13ClN4O4S/c1-10-2-7-14(13(18)8-10)19-15(23)9-27-17-21-20-16(26-17)11-3-5-12(6-4-11)22(24)25/h2-8H,9H2,1H3,(H,19,23). The second kappa shape index (κ2) is 8.19. The summed E-state index contributed by atoms with van der Waals surface area (Å²) in [6.07, 6.45) is 0. The van der Waals surface area contributed by atoms with Crippen molar-refractivity contribution in [1.29, 1.82) is 0 Å². The van der Waals surface area contributed by atoms with Gasteiger partial charge in [0.15, 0.2) is 0 Å². The Morgan fingerprint density at radius 1 is 1.26 bits per heavy atom. The Morgan fingerprint density at radius 2 is 2.00 bits per heavy atom. The Balaban J connectivity index is 1.59. The predicted octanol–water partition coefficient (Wildman–Crippen LogP) is 4.34. The molecule has 0 aliphatic heterocycles. The number of nitrogens with one attached hydrogen (secondary N) is 1. The van der Waals surface area contributed by atoms with Gasteiger partial charge in [-0.2, -0.15) is 0 Å². The Labute approximate surface area is 163 Å². The molecule has 0 bridgehead atoms. The number of nitro benzene ring substituents is 1. The van der Waals surface area contributed by atoms with Crippen LogP contribution in [0.15, 0.2) is 52.1 Å². The minimum Gasteiger partial charge on any atom is -0.411 e. The molecule has 27 heavy (non-hydrogen) atoms. The average molecular weight is 405 g/mol. The Kier molecular flexibility index (Phi) is 5.72. The van der Waals surface area contributed by atoms with Crippen molar-refractivity contribution < 1.29 is 14.1 Å². The van der Waals surface area contributed by atoms with Gasteiger partial charge in [-0.25, -0.2) is 0 Å². The molecule has 138 valence electrons. The number of halogens is 1. The van der Waals surface area contributed by atoms with E-state index in [0.717, 1.165) is 17.3 Å². The molecule has 1 N–H and O–H groups in total. The quantitative estimate of drug-likeness (QED) is 0.369. The fourth-order valence-electron chi connectivity index (χ4n) is 2.15. The third-order valence-corrected chi connectivity index (χ3v) is 4.59. The first-order valence-corrected chi connectivity index (χ1v) is 9.06. The molecular formula is C17H13ClN4O4S. The van der Waals surface area contributed by atoms with E-state index in [1.54, 1.807) is 12.1 Å². The summed E-state index contributed by atoms with van der Waals surface area (Å²) in [6.45, 7) is 1.91. The monoisotopic (exact) mass is 404 g/mol. The van der Waals surface area contributed by atoms with E-state index in [-0.39, 0.29) is 28.5 Å². The normalized spacial score (nSPS) is 10.6. The van der Waals surface area contributed by atoms with Gasteiger partial charge in [0, 0.05) is 17.7 Å². The number of carbonyl (C=O) groups is 1. The minimum atomic E-state index is -0.488. The van der Waals surface area contributed by atoms with Crippen LogP contribution < -0.4 is 5.32 Å². The summed E-state index contributed by atoms with van der Waals surface area (Å²) in [5, 5.41) is 21.8. The number of thioether (sulfide) groups is 1. The van der Waals surface area contributed by atoms with Gasteiger partial charge >= 0.3 is 0 Å². The molecule has 0 fully saturated rings. The molecule has 0 saturated carbocycles. The third-order valence-electron chi connectivity index (χ3n) is 3.46. The van der Waals surface area contributed by atoms with E-state index in [1.165, 1.54) is 24.3 Å². The molecule has 0 unspecified atom stereocenters. The summed E-state index contributed by atoms with van der Waals surface area (Å²) in [5.74, 6) is 0.0155. The summed E-state index contributed by atoms with van der Waals surface area (Å²) in [7, 11) is 0. The zero-order valence-electron chi connectivity index (χ0n) is 14.0. The van der Waals surface area contributed by atoms with Crippen LogP contribution in [0.3, 0.4) is 0 Å². The molecule has 0 atom stereocenters. The van der Waals surface area contributed by atoms with Crippen LogP contribution in [-0.4, -0.2) is 26.8 Å². The second-order valence-corrected chi connectivity index (χ2v) is 6.83. The molecule has 3 rings (SSSR count). The van der Waals surface area contributed by atoms with Crippen molar-refractivity contribution >= 4 is 40.6 Å². The zero-order valence-corrected chi connectivity index (χ0v) is 15.6. The molecule has 1 heterocycles. The van der Waals surface area contributed by atoms with Crippen molar-refractivity contribution in [3.63, 3.8) is 0 Å². The highest BCUT2D eigenvalue weighted by Gasteiger charge is 2.13. The van der Waals surface area contributed by atoms with E-state index in [9.17, 15) is 14.9 Å². The summed E-state index contributed by atoms with van der Waals surface area (Å²) in [6, 6.07) is 11.1. The van der Waals surface area contributed by atoms with Crippen LogP contribution in [-0.2, 0) is 4.79 Å². The maximum atomic E-state index is 12.1. The van der Waals surface area contributed by atoms with Crippen molar-refractivity contribution in [3.8, 4) is 11.5 Å². The van der Waals surface area contributed by atoms with Crippen molar-refractivity contribution in [2.24, 2.45) is 0 Å². The van der Waals surface area contributed by atoms with Gasteiger partial charge in [0.2, 0.25) is 11.8 Å². The first-order valence-electron chi connectivity index (χ1n) is 7.69. The summed E-state index contributed by atoms with van der Waals surface area (Å²) in [5.41, 5.74) is 2.05. The first kappa shape index (κ1) is 18.9. The Bertz CT molecular complexity index is 991. The van der Waals surface area contributed by atoms with E-state index in [0.29, 0.717) is 16.3 Å². The van der Waals surface area contributed by atoms with Crippen molar-refractivity contribution in [1.82, 2.24) is 10.2 Å². The Morgan fingerprint density at radius 3 is 2.67 bits per heavy atom. The van der Waals surface area contributed by atoms with Crippen LogP contribution in [0, 0.1) is 17.0 Å². The van der Waals surface area contributed by atoms with Crippen LogP contribution in [0.25, 0.3) is 11.5 Å². The lowest BCUT2D eigenvalue weighted by Crippen LogP contribution is -2.14. The van der Waals surface area contributed by atoms with E-state index >= 15 is 0 Å². The molecular weight excluding hydrogens is 392 g/mol. The van der Waals surface area contributed by atoms with Crippen LogP contribution in [0.5, 0.6) is 0 Å². The van der Waals surface area contributed by atoms with Gasteiger partial charge in [-0.3, -0.25) is 14.9 Å². The highest BCUT2D eigenvalue weighted by Crippen LogP contribution is 2.26. The fourth-order valence-corrected chi connectivity index (χ4v) is 2.99. The van der Waals surface area contributed by atoms with Gasteiger partial charge in [0.05, 0.1) is 21.4 Å². The smallest absolute Gasteiger partial charge is 0.277 e. The topological polar surface area (TPSA) is 111 Å². The number of benzene rings is 2. The molecule has 8 nitrogen and oxygen atoms in total. The third kappa shape index (κ3) is 4.83. The Hall–Kier alpha value is -2.91. The summed E-state index contributed by atoms with van der Waals surface area (Å²) < 4.78 is 5.47. The van der Waals surface area contributed by atoms with Crippen LogP contribution >= 0.6 is 23.4 Å². The SMILES string of the molecule is Cc1ccc(NC(=O)CSc2nnc(-c3ccc([N+](=O)[O-])cc3)o2)c(Cl)c1. The van der Waals surface area contributed by atoms with Crippen LogP contribution in [0.4, 0.5) is 11.4 Å². The van der Waals surface area contributed by atoms with Crippen molar-refractivity contribution in [2.75, 3.05) is 11.1 Å². The maximum Gasteiger partial charge on any atom is 0.277 e. The van der Waals surface area contributed by atoms with Gasteiger partial charge in [-0.15, -0.1) is 10.2 Å². The average Bonchev–Trinajstić information content (AvgIpc) is 3.11. The highest BCUT2D eigenvalue weighted by molar-refractivity contribution is 7.99. The number of nitrogens with zero attached hydrogens (tertiary/aromatic N) is 3. The number of carbonyl (C=O) groups excluding carboxylic acids is 1. The molecule has 0 aliphatic carbocycles. The van der Waals surface area contributed by atoms with E-state index < -0.39 is 4.92 Å². The number of aromatic nitrogens is 2. The molecule has 3 aromatic rings. The van der Waals surface area contributed by atoms with Crippen LogP contribution in [0.2, 0.25) is 5.02 Å². The molecule has 1 aromatic heterocycles. The van der Waals surface area contributed by atoms with Crippen LogP contribution in [0.1, 0.15) is 5.56 Å². The van der Waals surface area contributed by atoms with Crippen molar-refractivity contribution in [2.45, 2.75) is 12.1 Å². The number of anilines is 1. The van der Waals surface area contributed by atoms with E-state index in [2.05, 4.69) is 15.5 Å². The maximum absolute atomic E-state index is 12.1. The largest absolute Gasteiger partial charge is 0.411 e. The lowest BCUT2D eigenvalue weighted by molar-refractivity contribution is -0.384. The molecule has 1 amide bonds. The summed E-state index contributed by atoms with van der Waals surface area (Å²) >= 11 is 7.16. The molecule has 0 saturated heterocycles. The lowest BCUT2D eigenvalue weighted by Gasteiger charge is -2.06. The fraction of sp³-hybridized carbons (Fsp3) is 0.118. The molecule has 0 aliphatic rings. The van der Waals surface area contributed by atoms with Gasteiger partial charge in [0.1, 0.15) is 0 Å². The van der Waals surface area contributed by atoms with Gasteiger partial charge < -0.3 is 9.73 Å². The number of aryl methyl sites for hydroxylation is 1. The molecule has 2 aromatic carbocycles. The number of amides is 1. The second-order valence-electron chi connectivity index (χ2n) is 5.50. The van der Waals surface area contributed by atoms with Crippen molar-refractivity contribution in [3.05, 3.63) is 63.2 Å². The zero-order chi connectivity index (χ0) is 19.4. The molecule has 10 heteroatoms. The summed E-state index contributed by atoms with van der Waals surface area (Å²) in [4.78, 5) is 22.2.